The SMILES string of the molecule is COc1cnn(C)c1C12CC(C(=O)O)(C1)C2. The topological polar surface area (TPSA) is 64.4 Å². The van der Waals surface area contributed by atoms with Crippen LogP contribution in [0.3, 0.4) is 0 Å². The molecule has 0 saturated heterocycles. The highest BCUT2D eigenvalue weighted by molar-refractivity contribution is 5.81. The van der Waals surface area contributed by atoms with Gasteiger partial charge in [-0.3, -0.25) is 9.48 Å². The van der Waals surface area contributed by atoms with E-state index in [1.807, 2.05) is 11.7 Å². The van der Waals surface area contributed by atoms with E-state index >= 15 is 0 Å². The average Bonchev–Trinajstić information content (AvgIpc) is 2.43. The minimum Gasteiger partial charge on any atom is -0.493 e. The van der Waals surface area contributed by atoms with E-state index in [0.717, 1.165) is 30.7 Å². The molecule has 3 aliphatic carbocycles. The normalized spacial score (nSPS) is 35.1. The summed E-state index contributed by atoms with van der Waals surface area (Å²) in [6.45, 7) is 0. The molecule has 0 radical (unpaired) electrons. The van der Waals surface area contributed by atoms with Gasteiger partial charge in [0.25, 0.3) is 0 Å². The molecule has 1 heterocycles. The Hall–Kier alpha value is -1.52. The number of carbonyl (C=O) groups is 1. The molecule has 0 aromatic carbocycles. The fraction of sp³-hybridized carbons (Fsp3) is 0.636. The molecule has 1 aromatic rings. The molecule has 5 nitrogen and oxygen atoms in total. The van der Waals surface area contributed by atoms with Crippen molar-refractivity contribution in [2.24, 2.45) is 12.5 Å². The summed E-state index contributed by atoms with van der Waals surface area (Å²) in [4.78, 5) is 11.0. The van der Waals surface area contributed by atoms with Crippen molar-refractivity contribution in [3.05, 3.63) is 11.9 Å². The van der Waals surface area contributed by atoms with E-state index in [4.69, 9.17) is 9.84 Å². The second-order valence-electron chi connectivity index (χ2n) is 5.08. The van der Waals surface area contributed by atoms with Crippen LogP contribution in [0.15, 0.2) is 6.20 Å². The Balaban J connectivity index is 1.92. The van der Waals surface area contributed by atoms with Crippen LogP contribution in [0.2, 0.25) is 0 Å². The lowest BCUT2D eigenvalue weighted by atomic mass is 9.34. The molecule has 0 unspecified atom stereocenters. The van der Waals surface area contributed by atoms with Crippen LogP contribution >= 0.6 is 0 Å². The zero-order valence-electron chi connectivity index (χ0n) is 9.36. The summed E-state index contributed by atoms with van der Waals surface area (Å²) in [6, 6.07) is 0. The molecule has 1 aromatic heterocycles. The number of rotatable bonds is 3. The molecule has 0 spiro atoms. The molecular formula is C11H14N2O3. The Labute approximate surface area is 93.0 Å². The summed E-state index contributed by atoms with van der Waals surface area (Å²) in [7, 11) is 3.50. The lowest BCUT2D eigenvalue weighted by molar-refractivity contribution is -0.196. The van der Waals surface area contributed by atoms with Crippen molar-refractivity contribution in [3.8, 4) is 5.75 Å². The van der Waals surface area contributed by atoms with E-state index in [2.05, 4.69) is 5.10 Å². The largest absolute Gasteiger partial charge is 0.493 e. The first-order valence-corrected chi connectivity index (χ1v) is 5.33. The van der Waals surface area contributed by atoms with Crippen LogP contribution < -0.4 is 4.74 Å². The standard InChI is InChI=1S/C11H14N2O3/c1-13-8(7(16-2)3-12-13)10-4-11(5-10,6-10)9(14)15/h3H,4-6H2,1-2H3,(H,14,15). The average molecular weight is 222 g/mol. The van der Waals surface area contributed by atoms with Crippen LogP contribution in [0.4, 0.5) is 0 Å². The number of ether oxygens (including phenoxy) is 1. The Morgan fingerprint density at radius 3 is 2.69 bits per heavy atom. The monoisotopic (exact) mass is 222 g/mol. The predicted molar refractivity (Wildman–Crippen MR) is 55.4 cm³/mol. The summed E-state index contributed by atoms with van der Waals surface area (Å²) in [5.41, 5.74) is 0.614. The van der Waals surface area contributed by atoms with Crippen molar-refractivity contribution in [1.82, 2.24) is 9.78 Å². The third-order valence-corrected chi connectivity index (χ3v) is 4.11. The van der Waals surface area contributed by atoms with E-state index in [1.54, 1.807) is 13.3 Å². The quantitative estimate of drug-likeness (QED) is 0.826. The summed E-state index contributed by atoms with van der Waals surface area (Å²) in [5, 5.41) is 13.3. The van der Waals surface area contributed by atoms with E-state index in [9.17, 15) is 4.79 Å². The first kappa shape index (κ1) is 9.69. The third-order valence-electron chi connectivity index (χ3n) is 4.11. The number of aryl methyl sites for hydroxylation is 1. The van der Waals surface area contributed by atoms with E-state index < -0.39 is 11.4 Å². The van der Waals surface area contributed by atoms with Gasteiger partial charge in [-0.2, -0.15) is 5.10 Å². The summed E-state index contributed by atoms with van der Waals surface area (Å²) in [5.74, 6) is 0.122. The zero-order valence-corrected chi connectivity index (χ0v) is 9.36. The highest BCUT2D eigenvalue weighted by Gasteiger charge is 2.74. The number of carboxylic acids is 1. The number of aliphatic carboxylic acids is 1. The van der Waals surface area contributed by atoms with Gasteiger partial charge in [-0.1, -0.05) is 0 Å². The van der Waals surface area contributed by atoms with E-state index in [1.165, 1.54) is 0 Å². The minimum atomic E-state index is -0.657. The van der Waals surface area contributed by atoms with Crippen molar-refractivity contribution in [2.45, 2.75) is 24.7 Å². The molecule has 86 valence electrons. The smallest absolute Gasteiger partial charge is 0.309 e. The van der Waals surface area contributed by atoms with Gasteiger partial charge in [-0.15, -0.1) is 0 Å². The molecule has 4 rings (SSSR count). The van der Waals surface area contributed by atoms with Gasteiger partial charge < -0.3 is 9.84 Å². The number of hydrogen-bond acceptors (Lipinski definition) is 3. The Kier molecular flexibility index (Phi) is 1.57. The number of carboxylic acid groups (broad SMARTS) is 1. The van der Waals surface area contributed by atoms with Gasteiger partial charge in [0.15, 0.2) is 5.75 Å². The fourth-order valence-corrected chi connectivity index (χ4v) is 3.44. The Morgan fingerprint density at radius 1 is 1.56 bits per heavy atom. The number of nitrogens with zero attached hydrogens (tertiary/aromatic N) is 2. The second kappa shape index (κ2) is 2.59. The van der Waals surface area contributed by atoms with Gasteiger partial charge in [0.2, 0.25) is 0 Å². The summed E-state index contributed by atoms with van der Waals surface area (Å²) >= 11 is 0. The fourth-order valence-electron chi connectivity index (χ4n) is 3.44. The highest BCUT2D eigenvalue weighted by atomic mass is 16.5. The number of aromatic nitrogens is 2. The molecule has 0 amide bonds. The lowest BCUT2D eigenvalue weighted by Crippen LogP contribution is -2.68. The van der Waals surface area contributed by atoms with Crippen LogP contribution in [-0.4, -0.2) is 28.0 Å². The van der Waals surface area contributed by atoms with Crippen LogP contribution in [0.25, 0.3) is 0 Å². The third kappa shape index (κ3) is 0.870. The molecule has 5 heteroatoms. The summed E-state index contributed by atoms with van der Waals surface area (Å²) < 4.78 is 7.08. The van der Waals surface area contributed by atoms with Crippen LogP contribution in [0.1, 0.15) is 25.0 Å². The minimum absolute atomic E-state index is 0.00891. The van der Waals surface area contributed by atoms with E-state index in [0.29, 0.717) is 0 Å². The molecule has 16 heavy (non-hydrogen) atoms. The maximum Gasteiger partial charge on any atom is 0.309 e. The van der Waals surface area contributed by atoms with Crippen molar-refractivity contribution < 1.29 is 14.6 Å². The first-order chi connectivity index (χ1) is 7.53. The van der Waals surface area contributed by atoms with Crippen LogP contribution in [-0.2, 0) is 17.3 Å². The van der Waals surface area contributed by atoms with Gasteiger partial charge in [-0.05, 0) is 19.3 Å². The van der Waals surface area contributed by atoms with Crippen molar-refractivity contribution in [2.75, 3.05) is 7.11 Å². The molecule has 3 fully saturated rings. The Morgan fingerprint density at radius 2 is 2.19 bits per heavy atom. The van der Waals surface area contributed by atoms with Crippen LogP contribution in [0.5, 0.6) is 5.75 Å². The maximum atomic E-state index is 11.0. The second-order valence-corrected chi connectivity index (χ2v) is 5.08. The molecular weight excluding hydrogens is 208 g/mol. The van der Waals surface area contributed by atoms with E-state index in [-0.39, 0.29) is 5.41 Å². The zero-order chi connectivity index (χ0) is 11.6. The van der Waals surface area contributed by atoms with Gasteiger partial charge in [0, 0.05) is 12.5 Å². The molecule has 2 bridgehead atoms. The molecule has 3 saturated carbocycles. The molecule has 0 atom stereocenters. The molecule has 0 aliphatic heterocycles. The van der Waals surface area contributed by atoms with Crippen molar-refractivity contribution >= 4 is 5.97 Å². The first-order valence-electron chi connectivity index (χ1n) is 5.33. The molecule has 3 aliphatic rings. The predicted octanol–water partition coefficient (Wildman–Crippen LogP) is 0.935. The van der Waals surface area contributed by atoms with Crippen molar-refractivity contribution in [1.29, 1.82) is 0 Å². The van der Waals surface area contributed by atoms with Gasteiger partial charge in [0.05, 0.1) is 24.4 Å². The number of hydrogen-bond donors (Lipinski definition) is 1. The Bertz CT molecular complexity index is 458. The maximum absolute atomic E-state index is 11.0. The van der Waals surface area contributed by atoms with Crippen molar-refractivity contribution in [3.63, 3.8) is 0 Å². The van der Waals surface area contributed by atoms with Gasteiger partial charge in [-0.25, -0.2) is 0 Å². The number of methoxy groups -OCH3 is 1. The van der Waals surface area contributed by atoms with Gasteiger partial charge >= 0.3 is 5.97 Å². The van der Waals surface area contributed by atoms with Crippen LogP contribution in [0, 0.1) is 5.41 Å². The lowest BCUT2D eigenvalue weighted by Gasteiger charge is -2.67. The van der Waals surface area contributed by atoms with Gasteiger partial charge in [0.1, 0.15) is 0 Å². The summed E-state index contributed by atoms with van der Waals surface area (Å²) in [6.07, 6.45) is 3.88. The molecule has 1 N–H and O–H groups in total. The highest BCUT2D eigenvalue weighted by Crippen LogP contribution is 2.74.